The monoisotopic (exact) mass is 329 g/mol. The number of hydrogen-bond acceptors (Lipinski definition) is 3. The molecular weight excluding hydrogens is 318 g/mol. The van der Waals surface area contributed by atoms with Gasteiger partial charge >= 0.3 is 0 Å². The van der Waals surface area contributed by atoms with E-state index in [1.807, 2.05) is 31.2 Å². The molecule has 0 aromatic heterocycles. The number of nitrogens with zero attached hydrogens (tertiary/aromatic N) is 1. The molecule has 2 aromatic rings. The lowest BCUT2D eigenvalue weighted by molar-refractivity contribution is -0.113. The van der Waals surface area contributed by atoms with Gasteiger partial charge in [0.15, 0.2) is 0 Å². The highest BCUT2D eigenvalue weighted by Gasteiger charge is 2.36. The van der Waals surface area contributed by atoms with Crippen molar-refractivity contribution >= 4 is 46.3 Å². The van der Waals surface area contributed by atoms with Crippen molar-refractivity contribution in [1.82, 2.24) is 0 Å². The summed E-state index contributed by atoms with van der Waals surface area (Å²) >= 11 is 6.88. The molecule has 0 N–H and O–H groups in total. The van der Waals surface area contributed by atoms with Crippen LogP contribution in [0.2, 0.25) is 5.02 Å². The Balaban J connectivity index is 1.97. The standard InChI is InChI=1S/C17H12ClNO2S/c1-11-5-2-3-6-12(11)9-15-16(20)19(17(21)22-15)14-8-4-7-13(18)10-14/h2-10H,1H3/b15-9-. The maximum atomic E-state index is 12.5. The molecular formula is C17H12ClNO2S. The van der Waals surface area contributed by atoms with Crippen molar-refractivity contribution < 1.29 is 9.59 Å². The third-order valence-corrected chi connectivity index (χ3v) is 4.44. The summed E-state index contributed by atoms with van der Waals surface area (Å²) in [5.41, 5.74) is 2.47. The predicted molar refractivity (Wildman–Crippen MR) is 91.1 cm³/mol. The summed E-state index contributed by atoms with van der Waals surface area (Å²) in [6.45, 7) is 1.97. The normalized spacial score (nSPS) is 16.6. The number of halogens is 1. The van der Waals surface area contributed by atoms with E-state index in [4.69, 9.17) is 11.6 Å². The van der Waals surface area contributed by atoms with Gasteiger partial charge in [0.25, 0.3) is 11.1 Å². The van der Waals surface area contributed by atoms with Gasteiger partial charge in [-0.3, -0.25) is 9.59 Å². The van der Waals surface area contributed by atoms with Crippen LogP contribution in [0.3, 0.4) is 0 Å². The molecule has 0 saturated carbocycles. The Morgan fingerprint density at radius 2 is 1.86 bits per heavy atom. The quantitative estimate of drug-likeness (QED) is 0.736. The van der Waals surface area contributed by atoms with E-state index in [1.54, 1.807) is 30.3 Å². The SMILES string of the molecule is Cc1ccccc1/C=C1\SC(=O)N(c2cccc(Cl)c2)C1=O. The second-order valence-corrected chi connectivity index (χ2v) is 6.28. The highest BCUT2D eigenvalue weighted by Crippen LogP contribution is 2.36. The van der Waals surface area contributed by atoms with Crippen molar-refractivity contribution in [2.24, 2.45) is 0 Å². The summed E-state index contributed by atoms with van der Waals surface area (Å²) in [6.07, 6.45) is 1.75. The van der Waals surface area contributed by atoms with Gasteiger partial charge in [-0.2, -0.15) is 0 Å². The highest BCUT2D eigenvalue weighted by molar-refractivity contribution is 8.19. The molecule has 2 amide bonds. The third-order valence-electron chi connectivity index (χ3n) is 3.34. The van der Waals surface area contributed by atoms with Crippen molar-refractivity contribution in [3.63, 3.8) is 0 Å². The van der Waals surface area contributed by atoms with Gasteiger partial charge in [-0.25, -0.2) is 4.90 Å². The maximum absolute atomic E-state index is 12.5. The van der Waals surface area contributed by atoms with Crippen LogP contribution < -0.4 is 4.90 Å². The maximum Gasteiger partial charge on any atom is 0.298 e. The zero-order valence-corrected chi connectivity index (χ0v) is 13.3. The molecule has 1 heterocycles. The molecule has 0 bridgehead atoms. The van der Waals surface area contributed by atoms with Crippen LogP contribution in [0.4, 0.5) is 10.5 Å². The molecule has 1 aliphatic heterocycles. The second-order valence-electron chi connectivity index (χ2n) is 4.85. The van der Waals surface area contributed by atoms with Gasteiger partial charge in [-0.15, -0.1) is 0 Å². The van der Waals surface area contributed by atoms with E-state index in [2.05, 4.69) is 0 Å². The van der Waals surface area contributed by atoms with Gasteiger partial charge in [-0.05, 0) is 54.1 Å². The average molecular weight is 330 g/mol. The minimum atomic E-state index is -0.319. The van der Waals surface area contributed by atoms with E-state index in [9.17, 15) is 9.59 Å². The molecule has 110 valence electrons. The number of carbonyl (C=O) groups is 2. The number of hydrogen-bond donors (Lipinski definition) is 0. The molecule has 22 heavy (non-hydrogen) atoms. The second kappa shape index (κ2) is 5.99. The summed E-state index contributed by atoms with van der Waals surface area (Å²) < 4.78 is 0. The Hall–Kier alpha value is -2.04. The fraction of sp³-hybridized carbons (Fsp3) is 0.0588. The van der Waals surface area contributed by atoms with Crippen LogP contribution >= 0.6 is 23.4 Å². The minimum absolute atomic E-state index is 0.313. The zero-order valence-electron chi connectivity index (χ0n) is 11.7. The van der Waals surface area contributed by atoms with Crippen LogP contribution in [0, 0.1) is 6.92 Å². The molecule has 1 aliphatic rings. The minimum Gasteiger partial charge on any atom is -0.268 e. The number of carbonyl (C=O) groups excluding carboxylic acids is 2. The Bertz CT molecular complexity index is 801. The topological polar surface area (TPSA) is 37.4 Å². The molecule has 2 aromatic carbocycles. The number of anilines is 1. The van der Waals surface area contributed by atoms with E-state index in [0.717, 1.165) is 27.8 Å². The number of amides is 2. The highest BCUT2D eigenvalue weighted by atomic mass is 35.5. The summed E-state index contributed by atoms with van der Waals surface area (Å²) in [5.74, 6) is -0.319. The van der Waals surface area contributed by atoms with E-state index in [0.29, 0.717) is 15.6 Å². The first-order valence-electron chi connectivity index (χ1n) is 6.65. The van der Waals surface area contributed by atoms with Gasteiger partial charge in [0, 0.05) is 5.02 Å². The van der Waals surface area contributed by atoms with Crippen molar-refractivity contribution in [2.45, 2.75) is 6.92 Å². The van der Waals surface area contributed by atoms with Crippen molar-refractivity contribution in [3.8, 4) is 0 Å². The summed E-state index contributed by atoms with van der Waals surface area (Å²) in [5, 5.41) is 0.173. The van der Waals surface area contributed by atoms with Crippen LogP contribution in [-0.2, 0) is 4.79 Å². The van der Waals surface area contributed by atoms with E-state index >= 15 is 0 Å². The molecule has 0 unspecified atom stereocenters. The fourth-order valence-electron chi connectivity index (χ4n) is 2.20. The van der Waals surface area contributed by atoms with Gasteiger partial charge in [-0.1, -0.05) is 41.9 Å². The molecule has 0 radical (unpaired) electrons. The van der Waals surface area contributed by atoms with Crippen molar-refractivity contribution in [1.29, 1.82) is 0 Å². The van der Waals surface area contributed by atoms with Crippen LogP contribution in [0.1, 0.15) is 11.1 Å². The van der Waals surface area contributed by atoms with Gasteiger partial charge in [0.05, 0.1) is 10.6 Å². The fourth-order valence-corrected chi connectivity index (χ4v) is 3.21. The predicted octanol–water partition coefficient (Wildman–Crippen LogP) is 4.89. The molecule has 1 saturated heterocycles. The number of aryl methyl sites for hydroxylation is 1. The van der Waals surface area contributed by atoms with Crippen LogP contribution in [-0.4, -0.2) is 11.1 Å². The number of thioether (sulfide) groups is 1. The van der Waals surface area contributed by atoms with Crippen LogP contribution in [0.25, 0.3) is 6.08 Å². The van der Waals surface area contributed by atoms with Crippen LogP contribution in [0.5, 0.6) is 0 Å². The third kappa shape index (κ3) is 2.80. The summed E-state index contributed by atoms with van der Waals surface area (Å²) in [4.78, 5) is 26.3. The molecule has 0 atom stereocenters. The Labute approximate surface area is 137 Å². The van der Waals surface area contributed by atoms with Crippen LogP contribution in [0.15, 0.2) is 53.4 Å². The number of rotatable bonds is 2. The largest absolute Gasteiger partial charge is 0.298 e. The summed E-state index contributed by atoms with van der Waals surface area (Å²) in [7, 11) is 0. The molecule has 3 rings (SSSR count). The van der Waals surface area contributed by atoms with Crippen molar-refractivity contribution in [3.05, 3.63) is 69.6 Å². The van der Waals surface area contributed by atoms with Crippen molar-refractivity contribution in [2.75, 3.05) is 4.90 Å². The zero-order chi connectivity index (χ0) is 15.7. The number of imide groups is 1. The lowest BCUT2D eigenvalue weighted by Gasteiger charge is -2.12. The van der Waals surface area contributed by atoms with E-state index in [-0.39, 0.29) is 11.1 Å². The first-order valence-corrected chi connectivity index (χ1v) is 7.85. The molecule has 0 spiro atoms. The Morgan fingerprint density at radius 3 is 2.59 bits per heavy atom. The molecule has 3 nitrogen and oxygen atoms in total. The Kier molecular flexibility index (Phi) is 4.05. The van der Waals surface area contributed by atoms with Gasteiger partial charge < -0.3 is 0 Å². The summed E-state index contributed by atoms with van der Waals surface area (Å²) in [6, 6.07) is 14.4. The van der Waals surface area contributed by atoms with E-state index in [1.165, 1.54) is 0 Å². The molecule has 5 heteroatoms. The first kappa shape index (κ1) is 14.9. The lowest BCUT2D eigenvalue weighted by atomic mass is 10.1. The smallest absolute Gasteiger partial charge is 0.268 e. The average Bonchev–Trinajstić information content (AvgIpc) is 2.76. The number of benzene rings is 2. The van der Waals surface area contributed by atoms with E-state index < -0.39 is 0 Å². The lowest BCUT2D eigenvalue weighted by Crippen LogP contribution is -2.27. The van der Waals surface area contributed by atoms with Gasteiger partial charge in [0.2, 0.25) is 0 Å². The first-order chi connectivity index (χ1) is 10.6. The molecule has 0 aliphatic carbocycles. The van der Waals surface area contributed by atoms with Gasteiger partial charge in [0.1, 0.15) is 0 Å². The molecule has 1 fully saturated rings. The Morgan fingerprint density at radius 1 is 1.09 bits per heavy atom.